The number of carbonyl (C=O) groups is 1. The number of allylic oxidation sites excluding steroid dienone is 1. The van der Waals surface area contributed by atoms with Gasteiger partial charge in [-0.2, -0.15) is 0 Å². The van der Waals surface area contributed by atoms with Crippen LogP contribution in [0.2, 0.25) is 0 Å². The maximum atomic E-state index is 14.3. The van der Waals surface area contributed by atoms with Crippen LogP contribution in [0.25, 0.3) is 0 Å². The molecule has 0 unspecified atom stereocenters. The third kappa shape index (κ3) is 5.81. The van der Waals surface area contributed by atoms with Crippen LogP contribution in [-0.2, 0) is 9.53 Å². The van der Waals surface area contributed by atoms with E-state index in [9.17, 15) is 19.4 Å². The molecule has 0 amide bonds. The second-order valence-electron chi connectivity index (χ2n) is 7.38. The molecule has 0 aromatic heterocycles. The standard InChI is InChI=1S/C20H31FO5/c1-2-3-4-6-13(22)9-10-14-15-11-19(26-18(15)12-17(14)23)16(21)7-5-8-20(24)25/h9-11,13-18,22-23H,2-8,12H2,1H3,(H,24,25)/b10-9+/t13-,14+,15+,16+,17+,18-/m0/s1. The maximum absolute atomic E-state index is 14.3. The van der Waals surface area contributed by atoms with Gasteiger partial charge in [-0.3, -0.25) is 4.79 Å². The van der Waals surface area contributed by atoms with Crippen LogP contribution < -0.4 is 0 Å². The summed E-state index contributed by atoms with van der Waals surface area (Å²) in [7, 11) is 0. The van der Waals surface area contributed by atoms with Crippen molar-refractivity contribution in [3.63, 3.8) is 0 Å². The summed E-state index contributed by atoms with van der Waals surface area (Å²) < 4.78 is 19.9. The van der Waals surface area contributed by atoms with Crippen molar-refractivity contribution in [1.82, 2.24) is 0 Å². The number of carboxylic acids is 1. The van der Waals surface area contributed by atoms with Crippen LogP contribution in [0.1, 0.15) is 58.3 Å². The van der Waals surface area contributed by atoms with Gasteiger partial charge in [0.15, 0.2) is 6.17 Å². The first-order chi connectivity index (χ1) is 12.4. The molecule has 2 rings (SSSR count). The summed E-state index contributed by atoms with van der Waals surface area (Å²) in [6, 6.07) is 0. The number of carboxylic acid groups (broad SMARTS) is 1. The lowest BCUT2D eigenvalue weighted by molar-refractivity contribution is -0.137. The number of rotatable bonds is 11. The van der Waals surface area contributed by atoms with E-state index in [0.29, 0.717) is 12.8 Å². The van der Waals surface area contributed by atoms with Crippen molar-refractivity contribution in [1.29, 1.82) is 0 Å². The van der Waals surface area contributed by atoms with E-state index in [1.54, 1.807) is 12.2 Å². The molecular weight excluding hydrogens is 339 g/mol. The van der Waals surface area contributed by atoms with E-state index in [2.05, 4.69) is 6.92 Å². The Morgan fingerprint density at radius 3 is 2.85 bits per heavy atom. The van der Waals surface area contributed by atoms with E-state index in [1.165, 1.54) is 0 Å². The summed E-state index contributed by atoms with van der Waals surface area (Å²) in [5.41, 5.74) is 0. The maximum Gasteiger partial charge on any atom is 0.303 e. The van der Waals surface area contributed by atoms with Gasteiger partial charge < -0.3 is 20.1 Å². The second-order valence-corrected chi connectivity index (χ2v) is 7.38. The molecule has 0 aromatic carbocycles. The Bertz CT molecular complexity index is 518. The highest BCUT2D eigenvalue weighted by Gasteiger charge is 2.46. The molecule has 148 valence electrons. The normalized spacial score (nSPS) is 30.1. The van der Waals surface area contributed by atoms with Crippen LogP contribution >= 0.6 is 0 Å². The SMILES string of the molecule is CCCCC[C@H](O)/C=C/[C@@H]1[C@H]2C=C([C@H](F)CCCC(=O)O)O[C@H]2C[C@H]1O. The average Bonchev–Trinajstić information content (AvgIpc) is 3.10. The van der Waals surface area contributed by atoms with Crippen LogP contribution in [0.15, 0.2) is 24.0 Å². The Balaban J connectivity index is 1.89. The fourth-order valence-electron chi connectivity index (χ4n) is 3.77. The molecule has 2 aliphatic rings. The van der Waals surface area contributed by atoms with Crippen molar-refractivity contribution in [2.45, 2.75) is 82.8 Å². The van der Waals surface area contributed by atoms with Crippen LogP contribution in [-0.4, -0.2) is 45.8 Å². The van der Waals surface area contributed by atoms with Crippen LogP contribution in [0.4, 0.5) is 4.39 Å². The van der Waals surface area contributed by atoms with E-state index >= 15 is 0 Å². The van der Waals surface area contributed by atoms with E-state index in [4.69, 9.17) is 9.84 Å². The van der Waals surface area contributed by atoms with Gasteiger partial charge in [-0.25, -0.2) is 4.39 Å². The van der Waals surface area contributed by atoms with Crippen LogP contribution in [0.3, 0.4) is 0 Å². The zero-order chi connectivity index (χ0) is 19.1. The van der Waals surface area contributed by atoms with Crippen LogP contribution in [0, 0.1) is 11.8 Å². The van der Waals surface area contributed by atoms with Gasteiger partial charge in [0, 0.05) is 24.7 Å². The first-order valence-electron chi connectivity index (χ1n) is 9.71. The Morgan fingerprint density at radius 2 is 2.15 bits per heavy atom. The molecule has 1 saturated carbocycles. The first kappa shape index (κ1) is 20.9. The van der Waals surface area contributed by atoms with Gasteiger partial charge in [0.05, 0.1) is 12.2 Å². The van der Waals surface area contributed by atoms with E-state index in [0.717, 1.165) is 19.3 Å². The molecular formula is C20H31FO5. The van der Waals surface area contributed by atoms with Crippen molar-refractivity contribution < 1.29 is 29.2 Å². The number of aliphatic hydroxyl groups excluding tert-OH is 2. The van der Waals surface area contributed by atoms with Crippen molar-refractivity contribution >= 4 is 5.97 Å². The molecule has 26 heavy (non-hydrogen) atoms. The van der Waals surface area contributed by atoms with Gasteiger partial charge in [-0.15, -0.1) is 0 Å². The molecule has 1 aliphatic heterocycles. The van der Waals surface area contributed by atoms with Crippen molar-refractivity contribution in [3.8, 4) is 0 Å². The van der Waals surface area contributed by atoms with Gasteiger partial charge in [0.25, 0.3) is 0 Å². The lowest BCUT2D eigenvalue weighted by atomic mass is 9.92. The van der Waals surface area contributed by atoms with Crippen molar-refractivity contribution in [2.24, 2.45) is 11.8 Å². The van der Waals surface area contributed by atoms with Gasteiger partial charge in [-0.05, 0) is 25.3 Å². The minimum absolute atomic E-state index is 0.0550. The predicted molar refractivity (Wildman–Crippen MR) is 96.2 cm³/mol. The summed E-state index contributed by atoms with van der Waals surface area (Å²) in [6.45, 7) is 2.11. The summed E-state index contributed by atoms with van der Waals surface area (Å²) in [4.78, 5) is 10.5. The second kappa shape index (κ2) is 10.1. The largest absolute Gasteiger partial charge is 0.491 e. The fourth-order valence-corrected chi connectivity index (χ4v) is 3.77. The van der Waals surface area contributed by atoms with Crippen LogP contribution in [0.5, 0.6) is 0 Å². The number of aliphatic hydroxyl groups is 2. The molecule has 0 radical (unpaired) electrons. The number of fused-ring (bicyclic) bond motifs is 1. The summed E-state index contributed by atoms with van der Waals surface area (Å²) in [5, 5.41) is 28.9. The Kier molecular flexibility index (Phi) is 8.10. The van der Waals surface area contributed by atoms with Gasteiger partial charge in [-0.1, -0.05) is 38.3 Å². The van der Waals surface area contributed by atoms with Gasteiger partial charge in [0.2, 0.25) is 0 Å². The monoisotopic (exact) mass is 370 g/mol. The number of alkyl halides is 1. The quantitative estimate of drug-likeness (QED) is 0.383. The topological polar surface area (TPSA) is 87.0 Å². The molecule has 0 saturated heterocycles. The lowest BCUT2D eigenvalue weighted by Crippen LogP contribution is -2.17. The third-order valence-corrected chi connectivity index (χ3v) is 5.25. The number of halogens is 1. The minimum Gasteiger partial charge on any atom is -0.491 e. The van der Waals surface area contributed by atoms with E-state index in [1.807, 2.05) is 6.08 Å². The molecule has 0 spiro atoms. The molecule has 3 N–H and O–H groups in total. The highest BCUT2D eigenvalue weighted by atomic mass is 19.1. The Hall–Kier alpha value is -1.40. The van der Waals surface area contributed by atoms with Crippen molar-refractivity contribution in [2.75, 3.05) is 0 Å². The molecule has 0 aromatic rings. The van der Waals surface area contributed by atoms with E-state index < -0.39 is 24.3 Å². The number of aliphatic carboxylic acids is 1. The average molecular weight is 370 g/mol. The zero-order valence-electron chi connectivity index (χ0n) is 15.4. The number of unbranched alkanes of at least 4 members (excludes halogenated alkanes) is 2. The molecule has 1 aliphatic carbocycles. The zero-order valence-corrected chi connectivity index (χ0v) is 15.4. The van der Waals surface area contributed by atoms with Gasteiger partial charge >= 0.3 is 5.97 Å². The fraction of sp³-hybridized carbons (Fsp3) is 0.750. The summed E-state index contributed by atoms with van der Waals surface area (Å²) >= 11 is 0. The third-order valence-electron chi connectivity index (χ3n) is 5.25. The number of hydrogen-bond donors (Lipinski definition) is 3. The first-order valence-corrected chi connectivity index (χ1v) is 9.71. The van der Waals surface area contributed by atoms with Gasteiger partial charge in [0.1, 0.15) is 11.9 Å². The van der Waals surface area contributed by atoms with E-state index in [-0.39, 0.29) is 43.0 Å². The smallest absolute Gasteiger partial charge is 0.303 e. The predicted octanol–water partition coefficient (Wildman–Crippen LogP) is 3.36. The highest BCUT2D eigenvalue weighted by molar-refractivity contribution is 5.66. The molecule has 1 fully saturated rings. The molecule has 6 atom stereocenters. The highest BCUT2D eigenvalue weighted by Crippen LogP contribution is 2.43. The molecule has 6 heteroatoms. The lowest BCUT2D eigenvalue weighted by Gasteiger charge is -2.15. The number of hydrogen-bond acceptors (Lipinski definition) is 4. The molecule has 5 nitrogen and oxygen atoms in total. The van der Waals surface area contributed by atoms with Crippen molar-refractivity contribution in [3.05, 3.63) is 24.0 Å². The number of ether oxygens (including phenoxy) is 1. The summed E-state index contributed by atoms with van der Waals surface area (Å²) in [5.74, 6) is -0.957. The summed E-state index contributed by atoms with van der Waals surface area (Å²) in [6.07, 6.45) is 7.30. The Morgan fingerprint density at radius 1 is 1.38 bits per heavy atom. The minimum atomic E-state index is -1.30. The molecule has 1 heterocycles. The Labute approximate surface area is 154 Å². The molecule has 0 bridgehead atoms.